The molecule has 0 saturated heterocycles. The number of aryl methyl sites for hydroxylation is 1. The van der Waals surface area contributed by atoms with Gasteiger partial charge in [-0.15, -0.1) is 11.3 Å². The number of hydrogen-bond donors (Lipinski definition) is 0. The first kappa shape index (κ1) is 25.8. The molecule has 1 aliphatic rings. The van der Waals surface area contributed by atoms with Crippen LogP contribution < -0.4 is 9.47 Å². The average molecular weight is 507 g/mol. The number of methoxy groups -OCH3 is 2. The van der Waals surface area contributed by atoms with E-state index in [1.807, 2.05) is 75.8 Å². The molecule has 190 valence electrons. The van der Waals surface area contributed by atoms with E-state index in [2.05, 4.69) is 0 Å². The third-order valence-electron chi connectivity index (χ3n) is 6.48. The van der Waals surface area contributed by atoms with Crippen molar-refractivity contribution in [3.63, 3.8) is 0 Å². The smallest absolute Gasteiger partial charge is 0.242 e. The Kier molecular flexibility index (Phi) is 9.01. The number of hydrogen-bond acceptors (Lipinski definition) is 5. The maximum atomic E-state index is 13.5. The molecule has 0 radical (unpaired) electrons. The summed E-state index contributed by atoms with van der Waals surface area (Å²) in [5.74, 6) is 1.41. The Morgan fingerprint density at radius 1 is 0.889 bits per heavy atom. The summed E-state index contributed by atoms with van der Waals surface area (Å²) in [6.45, 7) is 1.24. The molecule has 0 atom stereocenters. The molecule has 1 heterocycles. The second-order valence-corrected chi connectivity index (χ2v) is 10.1. The Morgan fingerprint density at radius 3 is 2.33 bits per heavy atom. The van der Waals surface area contributed by atoms with Crippen molar-refractivity contribution < 1.29 is 19.1 Å². The van der Waals surface area contributed by atoms with Crippen LogP contribution in [-0.4, -0.2) is 55.0 Å². The fraction of sp³-hybridized carbons (Fsp3) is 0.379. The maximum absolute atomic E-state index is 13.5. The van der Waals surface area contributed by atoms with E-state index in [1.165, 1.54) is 0 Å². The first-order valence-electron chi connectivity index (χ1n) is 12.4. The zero-order valence-corrected chi connectivity index (χ0v) is 21.8. The maximum Gasteiger partial charge on any atom is 0.242 e. The number of rotatable bonds is 13. The van der Waals surface area contributed by atoms with Crippen LogP contribution >= 0.6 is 11.3 Å². The van der Waals surface area contributed by atoms with Gasteiger partial charge in [0, 0.05) is 23.9 Å². The monoisotopic (exact) mass is 506 g/mol. The number of thiophene rings is 1. The molecule has 3 aromatic rings. The van der Waals surface area contributed by atoms with Gasteiger partial charge >= 0.3 is 0 Å². The molecule has 7 heteroatoms. The predicted molar refractivity (Wildman–Crippen MR) is 142 cm³/mol. The standard InChI is InChI=1S/C29H34N2O4S/c1-34-26-14-10-23(19-27(26)35-2)16-17-30(20-25-9-6-18-36-25)29(33)21-31(24-12-13-24)28(32)15-11-22-7-4-3-5-8-22/h3-10,14,18-19,24H,11-13,15-17,20-21H2,1-2H3. The summed E-state index contributed by atoms with van der Waals surface area (Å²) in [6.07, 6.45) is 3.74. The third kappa shape index (κ3) is 7.10. The molecule has 0 aliphatic heterocycles. The van der Waals surface area contributed by atoms with E-state index < -0.39 is 0 Å². The lowest BCUT2D eigenvalue weighted by Crippen LogP contribution is -2.44. The molecular formula is C29H34N2O4S. The van der Waals surface area contributed by atoms with E-state index in [1.54, 1.807) is 25.6 Å². The number of carbonyl (C=O) groups is 2. The molecular weight excluding hydrogens is 472 g/mol. The number of benzene rings is 2. The van der Waals surface area contributed by atoms with Crippen LogP contribution in [0.3, 0.4) is 0 Å². The van der Waals surface area contributed by atoms with Crippen LogP contribution in [0.25, 0.3) is 0 Å². The number of nitrogens with zero attached hydrogens (tertiary/aromatic N) is 2. The van der Waals surface area contributed by atoms with Crippen molar-refractivity contribution in [3.05, 3.63) is 82.0 Å². The van der Waals surface area contributed by atoms with Gasteiger partial charge in [0.05, 0.1) is 20.8 Å². The lowest BCUT2D eigenvalue weighted by Gasteiger charge is -2.28. The summed E-state index contributed by atoms with van der Waals surface area (Å²) in [6, 6.07) is 20.1. The molecule has 2 aromatic carbocycles. The van der Waals surface area contributed by atoms with E-state index in [4.69, 9.17) is 9.47 Å². The van der Waals surface area contributed by atoms with Crippen molar-refractivity contribution in [2.75, 3.05) is 27.3 Å². The number of amides is 2. The summed E-state index contributed by atoms with van der Waals surface area (Å²) < 4.78 is 10.8. The Balaban J connectivity index is 1.42. The zero-order valence-electron chi connectivity index (χ0n) is 21.0. The second kappa shape index (κ2) is 12.6. The second-order valence-electron chi connectivity index (χ2n) is 9.07. The Labute approximate surface area is 217 Å². The van der Waals surface area contributed by atoms with Gasteiger partial charge < -0.3 is 19.3 Å². The van der Waals surface area contributed by atoms with Crippen molar-refractivity contribution >= 4 is 23.2 Å². The Morgan fingerprint density at radius 2 is 1.67 bits per heavy atom. The largest absolute Gasteiger partial charge is 0.493 e. The first-order valence-corrected chi connectivity index (χ1v) is 13.3. The third-order valence-corrected chi connectivity index (χ3v) is 7.34. The zero-order chi connectivity index (χ0) is 25.3. The minimum Gasteiger partial charge on any atom is -0.493 e. The molecule has 1 fully saturated rings. The highest BCUT2D eigenvalue weighted by atomic mass is 32.1. The number of carbonyl (C=O) groups excluding carboxylic acids is 2. The topological polar surface area (TPSA) is 59.1 Å². The summed E-state index contributed by atoms with van der Waals surface area (Å²) in [4.78, 5) is 31.5. The van der Waals surface area contributed by atoms with Crippen LogP contribution in [0.5, 0.6) is 11.5 Å². The van der Waals surface area contributed by atoms with E-state index >= 15 is 0 Å². The molecule has 0 spiro atoms. The molecule has 2 amide bonds. The Hall–Kier alpha value is -3.32. The van der Waals surface area contributed by atoms with Gasteiger partial charge in [-0.2, -0.15) is 0 Å². The van der Waals surface area contributed by atoms with Crippen LogP contribution in [0.1, 0.15) is 35.3 Å². The molecule has 1 saturated carbocycles. The summed E-state index contributed by atoms with van der Waals surface area (Å²) in [5.41, 5.74) is 2.21. The lowest BCUT2D eigenvalue weighted by molar-refractivity contribution is -0.141. The highest BCUT2D eigenvalue weighted by Gasteiger charge is 2.34. The van der Waals surface area contributed by atoms with Gasteiger partial charge in [0.15, 0.2) is 11.5 Å². The minimum absolute atomic E-state index is 0.0103. The van der Waals surface area contributed by atoms with Crippen molar-refractivity contribution in [2.24, 2.45) is 0 Å². The molecule has 6 nitrogen and oxygen atoms in total. The summed E-state index contributed by atoms with van der Waals surface area (Å²) in [7, 11) is 3.24. The fourth-order valence-electron chi connectivity index (χ4n) is 4.28. The van der Waals surface area contributed by atoms with Gasteiger partial charge in [0.2, 0.25) is 11.8 Å². The molecule has 1 aliphatic carbocycles. The first-order chi connectivity index (χ1) is 17.6. The molecule has 4 rings (SSSR count). The van der Waals surface area contributed by atoms with Gasteiger partial charge in [-0.1, -0.05) is 42.5 Å². The van der Waals surface area contributed by atoms with Crippen LogP contribution in [-0.2, 0) is 29.0 Å². The van der Waals surface area contributed by atoms with Crippen molar-refractivity contribution in [1.29, 1.82) is 0 Å². The van der Waals surface area contributed by atoms with Gasteiger partial charge in [-0.3, -0.25) is 9.59 Å². The summed E-state index contributed by atoms with van der Waals surface area (Å²) >= 11 is 1.64. The SMILES string of the molecule is COc1ccc(CCN(Cc2cccs2)C(=O)CN(C(=O)CCc2ccccc2)C2CC2)cc1OC. The molecule has 36 heavy (non-hydrogen) atoms. The highest BCUT2D eigenvalue weighted by molar-refractivity contribution is 7.09. The molecule has 0 unspecified atom stereocenters. The minimum atomic E-state index is -0.0103. The average Bonchev–Trinajstić information content (AvgIpc) is 3.63. The molecule has 1 aromatic heterocycles. The van der Waals surface area contributed by atoms with Gasteiger partial charge in [0.25, 0.3) is 0 Å². The van der Waals surface area contributed by atoms with Crippen LogP contribution in [0.2, 0.25) is 0 Å². The number of ether oxygens (including phenoxy) is 2. The lowest BCUT2D eigenvalue weighted by atomic mass is 10.1. The fourth-order valence-corrected chi connectivity index (χ4v) is 4.99. The Bertz CT molecular complexity index is 1130. The molecule has 0 N–H and O–H groups in total. The van der Waals surface area contributed by atoms with Crippen LogP contribution in [0, 0.1) is 0 Å². The van der Waals surface area contributed by atoms with Crippen LogP contribution in [0.15, 0.2) is 66.0 Å². The van der Waals surface area contributed by atoms with E-state index in [0.717, 1.165) is 28.8 Å². The van der Waals surface area contributed by atoms with E-state index in [-0.39, 0.29) is 24.4 Å². The highest BCUT2D eigenvalue weighted by Crippen LogP contribution is 2.29. The van der Waals surface area contributed by atoms with Gasteiger partial charge in [-0.05, 0) is 60.4 Å². The summed E-state index contributed by atoms with van der Waals surface area (Å²) in [5, 5.41) is 2.02. The van der Waals surface area contributed by atoms with Crippen molar-refractivity contribution in [2.45, 2.75) is 44.7 Å². The normalized spacial score (nSPS) is 12.7. The van der Waals surface area contributed by atoms with Crippen molar-refractivity contribution in [1.82, 2.24) is 9.80 Å². The van der Waals surface area contributed by atoms with E-state index in [0.29, 0.717) is 43.9 Å². The van der Waals surface area contributed by atoms with Crippen molar-refractivity contribution in [3.8, 4) is 11.5 Å². The van der Waals surface area contributed by atoms with E-state index in [9.17, 15) is 9.59 Å². The van der Waals surface area contributed by atoms with Gasteiger partial charge in [-0.25, -0.2) is 0 Å². The predicted octanol–water partition coefficient (Wildman–Crippen LogP) is 4.96. The molecule has 0 bridgehead atoms. The van der Waals surface area contributed by atoms with Gasteiger partial charge in [0.1, 0.15) is 6.54 Å². The quantitative estimate of drug-likeness (QED) is 0.329. The van der Waals surface area contributed by atoms with Crippen LogP contribution in [0.4, 0.5) is 0 Å².